The van der Waals surface area contributed by atoms with E-state index in [2.05, 4.69) is 24.0 Å². The Labute approximate surface area is 126 Å². The van der Waals surface area contributed by atoms with Crippen LogP contribution in [0.3, 0.4) is 0 Å². The minimum atomic E-state index is 0.148. The van der Waals surface area contributed by atoms with Gasteiger partial charge in [0.05, 0.1) is 13.1 Å². The van der Waals surface area contributed by atoms with Crippen LogP contribution in [0.4, 0.5) is 0 Å². The maximum absolute atomic E-state index is 12.3. The summed E-state index contributed by atoms with van der Waals surface area (Å²) >= 11 is 0. The van der Waals surface area contributed by atoms with Crippen molar-refractivity contribution in [1.82, 2.24) is 14.5 Å². The van der Waals surface area contributed by atoms with Crippen molar-refractivity contribution in [3.63, 3.8) is 0 Å². The molecule has 21 heavy (non-hydrogen) atoms. The Morgan fingerprint density at radius 1 is 1.29 bits per heavy atom. The molecule has 0 amide bonds. The molecular formula is C17H23N3O. The Morgan fingerprint density at radius 2 is 2.00 bits per heavy atom. The SMILES string of the molecule is CCCc1ccc(C(=O)CN(C)Cc2nccn2C)cc1. The van der Waals surface area contributed by atoms with Gasteiger partial charge in [0.2, 0.25) is 0 Å². The Hall–Kier alpha value is -1.94. The molecule has 2 aromatic rings. The normalized spacial score (nSPS) is 11.0. The molecule has 1 heterocycles. The highest BCUT2D eigenvalue weighted by atomic mass is 16.1. The van der Waals surface area contributed by atoms with Crippen molar-refractivity contribution in [3.05, 3.63) is 53.6 Å². The number of benzene rings is 1. The molecule has 0 radical (unpaired) electrons. The number of nitrogens with zero attached hydrogens (tertiary/aromatic N) is 3. The van der Waals surface area contributed by atoms with Crippen LogP contribution < -0.4 is 0 Å². The number of imidazole rings is 1. The van der Waals surface area contributed by atoms with Crippen molar-refractivity contribution >= 4 is 5.78 Å². The Morgan fingerprint density at radius 3 is 2.57 bits per heavy atom. The van der Waals surface area contributed by atoms with Gasteiger partial charge in [0.15, 0.2) is 5.78 Å². The first-order valence-electron chi connectivity index (χ1n) is 7.37. The van der Waals surface area contributed by atoms with Crippen LogP contribution in [0.2, 0.25) is 0 Å². The van der Waals surface area contributed by atoms with E-state index in [1.807, 2.05) is 41.9 Å². The lowest BCUT2D eigenvalue weighted by atomic mass is 10.1. The lowest BCUT2D eigenvalue weighted by molar-refractivity contribution is 0.0941. The molecular weight excluding hydrogens is 262 g/mol. The minimum absolute atomic E-state index is 0.148. The van der Waals surface area contributed by atoms with Crippen molar-refractivity contribution < 1.29 is 4.79 Å². The van der Waals surface area contributed by atoms with Gasteiger partial charge < -0.3 is 4.57 Å². The molecule has 2 rings (SSSR count). The fourth-order valence-corrected chi connectivity index (χ4v) is 2.33. The molecule has 0 aliphatic carbocycles. The maximum Gasteiger partial charge on any atom is 0.176 e. The molecule has 0 bridgehead atoms. The molecule has 0 N–H and O–H groups in total. The second-order valence-corrected chi connectivity index (χ2v) is 5.50. The molecule has 112 valence electrons. The minimum Gasteiger partial charge on any atom is -0.337 e. The molecule has 0 atom stereocenters. The summed E-state index contributed by atoms with van der Waals surface area (Å²) < 4.78 is 1.97. The summed E-state index contributed by atoms with van der Waals surface area (Å²) in [6.07, 6.45) is 5.88. The van der Waals surface area contributed by atoms with E-state index >= 15 is 0 Å². The molecule has 4 heteroatoms. The summed E-state index contributed by atoms with van der Waals surface area (Å²) in [6.45, 7) is 3.23. The van der Waals surface area contributed by atoms with Crippen LogP contribution in [-0.4, -0.2) is 33.8 Å². The zero-order valence-electron chi connectivity index (χ0n) is 13.0. The predicted molar refractivity (Wildman–Crippen MR) is 84.3 cm³/mol. The number of ketones is 1. The van der Waals surface area contributed by atoms with Gasteiger partial charge in [-0.1, -0.05) is 37.6 Å². The monoisotopic (exact) mass is 285 g/mol. The van der Waals surface area contributed by atoms with Gasteiger partial charge in [-0.05, 0) is 19.0 Å². The highest BCUT2D eigenvalue weighted by molar-refractivity contribution is 5.97. The average molecular weight is 285 g/mol. The Balaban J connectivity index is 1.92. The first-order chi connectivity index (χ1) is 10.1. The van der Waals surface area contributed by atoms with E-state index < -0.39 is 0 Å². The van der Waals surface area contributed by atoms with Gasteiger partial charge in [-0.3, -0.25) is 9.69 Å². The molecule has 0 saturated heterocycles. The van der Waals surface area contributed by atoms with Crippen LogP contribution in [0, 0.1) is 0 Å². The third-order valence-electron chi connectivity index (χ3n) is 3.56. The zero-order chi connectivity index (χ0) is 15.2. The largest absolute Gasteiger partial charge is 0.337 e. The van der Waals surface area contributed by atoms with Crippen molar-refractivity contribution in [2.45, 2.75) is 26.3 Å². The summed E-state index contributed by atoms with van der Waals surface area (Å²) in [6, 6.07) is 7.97. The number of carbonyl (C=O) groups excluding carboxylic acids is 1. The summed E-state index contributed by atoms with van der Waals surface area (Å²) in [5, 5.41) is 0. The van der Waals surface area contributed by atoms with Crippen LogP contribution in [0.25, 0.3) is 0 Å². The van der Waals surface area contributed by atoms with Gasteiger partial charge in [-0.25, -0.2) is 4.98 Å². The standard InChI is InChI=1S/C17H23N3O/c1-4-5-14-6-8-15(9-7-14)16(21)12-19(2)13-17-18-10-11-20(17)3/h6-11H,4-5,12-13H2,1-3H3. The highest BCUT2D eigenvalue weighted by Gasteiger charge is 2.11. The topological polar surface area (TPSA) is 38.1 Å². The van der Waals surface area contributed by atoms with Gasteiger partial charge in [0, 0.05) is 25.0 Å². The number of Topliss-reactive ketones (excluding diaryl/α,β-unsaturated/α-hetero) is 1. The molecule has 0 aliphatic rings. The second kappa shape index (κ2) is 7.18. The van der Waals surface area contributed by atoms with E-state index in [0.717, 1.165) is 24.2 Å². The van der Waals surface area contributed by atoms with Crippen LogP contribution >= 0.6 is 0 Å². The lowest BCUT2D eigenvalue weighted by Gasteiger charge is -2.15. The van der Waals surface area contributed by atoms with Crippen LogP contribution in [0.1, 0.15) is 35.1 Å². The third kappa shape index (κ3) is 4.26. The van der Waals surface area contributed by atoms with Crippen molar-refractivity contribution in [2.24, 2.45) is 7.05 Å². The summed E-state index contributed by atoms with van der Waals surface area (Å²) in [5.74, 6) is 1.11. The quantitative estimate of drug-likeness (QED) is 0.734. The summed E-state index contributed by atoms with van der Waals surface area (Å²) in [7, 11) is 3.91. The fourth-order valence-electron chi connectivity index (χ4n) is 2.33. The molecule has 0 unspecified atom stereocenters. The van der Waals surface area contributed by atoms with E-state index in [4.69, 9.17) is 0 Å². The van der Waals surface area contributed by atoms with E-state index in [0.29, 0.717) is 13.1 Å². The van der Waals surface area contributed by atoms with Crippen molar-refractivity contribution in [1.29, 1.82) is 0 Å². The van der Waals surface area contributed by atoms with E-state index in [-0.39, 0.29) is 5.78 Å². The van der Waals surface area contributed by atoms with Gasteiger partial charge in [-0.15, -0.1) is 0 Å². The first-order valence-corrected chi connectivity index (χ1v) is 7.37. The molecule has 0 aliphatic heterocycles. The van der Waals surface area contributed by atoms with Crippen molar-refractivity contribution in [2.75, 3.05) is 13.6 Å². The number of carbonyl (C=O) groups is 1. The number of rotatable bonds is 7. The molecule has 1 aromatic heterocycles. The van der Waals surface area contributed by atoms with E-state index in [9.17, 15) is 4.79 Å². The Kier molecular flexibility index (Phi) is 5.28. The summed E-state index contributed by atoms with van der Waals surface area (Å²) in [5.41, 5.74) is 2.07. The van der Waals surface area contributed by atoms with Crippen molar-refractivity contribution in [3.8, 4) is 0 Å². The molecule has 1 aromatic carbocycles. The third-order valence-corrected chi connectivity index (χ3v) is 3.56. The fraction of sp³-hybridized carbons (Fsp3) is 0.412. The molecule has 0 saturated carbocycles. The number of hydrogen-bond acceptors (Lipinski definition) is 3. The molecule has 0 fully saturated rings. The maximum atomic E-state index is 12.3. The molecule has 4 nitrogen and oxygen atoms in total. The van der Waals surface area contributed by atoms with Gasteiger partial charge in [0.1, 0.15) is 5.82 Å². The zero-order valence-corrected chi connectivity index (χ0v) is 13.0. The smallest absolute Gasteiger partial charge is 0.176 e. The number of aromatic nitrogens is 2. The van der Waals surface area contributed by atoms with E-state index in [1.54, 1.807) is 6.20 Å². The number of hydrogen-bond donors (Lipinski definition) is 0. The van der Waals surface area contributed by atoms with Gasteiger partial charge in [-0.2, -0.15) is 0 Å². The van der Waals surface area contributed by atoms with Crippen LogP contribution in [0.5, 0.6) is 0 Å². The molecule has 0 spiro atoms. The summed E-state index contributed by atoms with van der Waals surface area (Å²) in [4.78, 5) is 18.5. The number of likely N-dealkylation sites (N-methyl/N-ethyl adjacent to an activating group) is 1. The van der Waals surface area contributed by atoms with Crippen LogP contribution in [-0.2, 0) is 20.0 Å². The number of aryl methyl sites for hydroxylation is 2. The second-order valence-electron chi connectivity index (χ2n) is 5.50. The predicted octanol–water partition coefficient (Wildman–Crippen LogP) is 2.69. The average Bonchev–Trinajstić information content (AvgIpc) is 2.85. The highest BCUT2D eigenvalue weighted by Crippen LogP contribution is 2.08. The first kappa shape index (κ1) is 15.4. The Bertz CT molecular complexity index is 586. The van der Waals surface area contributed by atoms with Gasteiger partial charge >= 0.3 is 0 Å². The van der Waals surface area contributed by atoms with E-state index in [1.165, 1.54) is 5.56 Å². The van der Waals surface area contributed by atoms with Gasteiger partial charge in [0.25, 0.3) is 0 Å². The lowest BCUT2D eigenvalue weighted by Crippen LogP contribution is -2.26. The van der Waals surface area contributed by atoms with Crippen LogP contribution in [0.15, 0.2) is 36.7 Å².